The van der Waals surface area contributed by atoms with Gasteiger partial charge in [0.05, 0.1) is 0 Å². The maximum atomic E-state index is 13.0. The smallest absolute Gasteiger partial charge is 0.250 e. The summed E-state index contributed by atoms with van der Waals surface area (Å²) in [7, 11) is 0. The van der Waals surface area contributed by atoms with Gasteiger partial charge in [0.1, 0.15) is 0 Å². The molecule has 1 nitrogen and oxygen atoms in total. The number of alkyl halides is 2. The number of halogens is 2. The number of nitrogens with zero attached hydrogens (tertiary/aromatic N) is 1. The van der Waals surface area contributed by atoms with Gasteiger partial charge in [0.2, 0.25) is 0 Å². The van der Waals surface area contributed by atoms with Crippen LogP contribution in [0, 0.1) is 17.8 Å². The Balaban J connectivity index is 1.66. The van der Waals surface area contributed by atoms with Crippen LogP contribution < -0.4 is 0 Å². The second-order valence-corrected chi connectivity index (χ2v) is 6.00. The Kier molecular flexibility index (Phi) is 3.53. The van der Waals surface area contributed by atoms with E-state index in [1.807, 2.05) is 0 Å². The molecule has 0 aromatic heterocycles. The minimum absolute atomic E-state index is 0.0628. The molecule has 94 valence electrons. The van der Waals surface area contributed by atoms with Crippen molar-refractivity contribution in [2.24, 2.45) is 17.8 Å². The SMILES string of the molecule is CC(C)C1CC(CN2CCC(F)(F)CC2)C1. The summed E-state index contributed by atoms with van der Waals surface area (Å²) >= 11 is 0. The predicted octanol–water partition coefficient (Wildman–Crippen LogP) is 3.40. The van der Waals surface area contributed by atoms with Crippen LogP contribution >= 0.6 is 0 Å². The third kappa shape index (κ3) is 2.93. The van der Waals surface area contributed by atoms with Crippen molar-refractivity contribution in [1.82, 2.24) is 4.90 Å². The first-order valence-corrected chi connectivity index (χ1v) is 6.56. The highest BCUT2D eigenvalue weighted by atomic mass is 19.3. The number of hydrogen-bond acceptors (Lipinski definition) is 1. The normalized spacial score (nSPS) is 35.1. The fraction of sp³-hybridized carbons (Fsp3) is 1.00. The molecule has 1 aliphatic heterocycles. The lowest BCUT2D eigenvalue weighted by Crippen LogP contribution is -2.44. The number of hydrogen-bond donors (Lipinski definition) is 0. The first kappa shape index (κ1) is 12.3. The minimum Gasteiger partial charge on any atom is -0.303 e. The molecule has 0 atom stereocenters. The van der Waals surface area contributed by atoms with E-state index in [2.05, 4.69) is 18.7 Å². The van der Waals surface area contributed by atoms with Crippen LogP contribution in [0.15, 0.2) is 0 Å². The maximum absolute atomic E-state index is 13.0. The van der Waals surface area contributed by atoms with E-state index in [1.54, 1.807) is 0 Å². The Labute approximate surface area is 97.2 Å². The Morgan fingerprint density at radius 3 is 2.25 bits per heavy atom. The summed E-state index contributed by atoms with van der Waals surface area (Å²) in [5.41, 5.74) is 0. The van der Waals surface area contributed by atoms with Crippen molar-refractivity contribution in [3.05, 3.63) is 0 Å². The number of likely N-dealkylation sites (tertiary alicyclic amines) is 1. The quantitative estimate of drug-likeness (QED) is 0.719. The highest BCUT2D eigenvalue weighted by Crippen LogP contribution is 2.39. The van der Waals surface area contributed by atoms with E-state index in [0.29, 0.717) is 13.1 Å². The van der Waals surface area contributed by atoms with E-state index in [-0.39, 0.29) is 12.8 Å². The van der Waals surface area contributed by atoms with E-state index in [9.17, 15) is 8.78 Å². The summed E-state index contributed by atoms with van der Waals surface area (Å²) in [6.45, 7) is 6.80. The molecule has 16 heavy (non-hydrogen) atoms. The van der Waals surface area contributed by atoms with Crippen molar-refractivity contribution in [2.45, 2.75) is 45.5 Å². The average molecular weight is 231 g/mol. The summed E-state index contributed by atoms with van der Waals surface area (Å²) in [5, 5.41) is 0. The molecule has 0 radical (unpaired) electrons. The average Bonchev–Trinajstić information content (AvgIpc) is 2.12. The lowest BCUT2D eigenvalue weighted by atomic mass is 9.69. The first-order valence-electron chi connectivity index (χ1n) is 6.56. The molecule has 2 aliphatic rings. The standard InChI is InChI=1S/C13H23F2N/c1-10(2)12-7-11(8-12)9-16-5-3-13(14,15)4-6-16/h10-12H,3-9H2,1-2H3. The van der Waals surface area contributed by atoms with Gasteiger partial charge < -0.3 is 4.90 Å². The van der Waals surface area contributed by atoms with Crippen LogP contribution in [0.25, 0.3) is 0 Å². The van der Waals surface area contributed by atoms with E-state index >= 15 is 0 Å². The topological polar surface area (TPSA) is 3.24 Å². The second kappa shape index (κ2) is 4.59. The summed E-state index contributed by atoms with van der Waals surface area (Å²) in [6, 6.07) is 0. The third-order valence-corrected chi connectivity index (χ3v) is 4.32. The molecule has 1 aliphatic carbocycles. The van der Waals surface area contributed by atoms with Gasteiger partial charge in [-0.1, -0.05) is 13.8 Å². The van der Waals surface area contributed by atoms with Crippen LogP contribution in [-0.4, -0.2) is 30.5 Å². The van der Waals surface area contributed by atoms with E-state index < -0.39 is 5.92 Å². The van der Waals surface area contributed by atoms with Crippen LogP contribution in [-0.2, 0) is 0 Å². The van der Waals surface area contributed by atoms with Crippen LogP contribution in [0.5, 0.6) is 0 Å². The van der Waals surface area contributed by atoms with Crippen LogP contribution in [0.3, 0.4) is 0 Å². The molecular weight excluding hydrogens is 208 g/mol. The van der Waals surface area contributed by atoms with Gasteiger partial charge >= 0.3 is 0 Å². The third-order valence-electron chi connectivity index (χ3n) is 4.32. The van der Waals surface area contributed by atoms with Gasteiger partial charge in [0.25, 0.3) is 5.92 Å². The highest BCUT2D eigenvalue weighted by Gasteiger charge is 2.37. The van der Waals surface area contributed by atoms with Crippen molar-refractivity contribution in [3.63, 3.8) is 0 Å². The lowest BCUT2D eigenvalue weighted by Gasteiger charge is -2.42. The van der Waals surface area contributed by atoms with Gasteiger partial charge in [-0.3, -0.25) is 0 Å². The highest BCUT2D eigenvalue weighted by molar-refractivity contribution is 4.85. The zero-order valence-corrected chi connectivity index (χ0v) is 10.4. The molecule has 0 unspecified atom stereocenters. The van der Waals surface area contributed by atoms with Crippen molar-refractivity contribution in [2.75, 3.05) is 19.6 Å². The Morgan fingerprint density at radius 1 is 1.19 bits per heavy atom. The first-order chi connectivity index (χ1) is 7.46. The molecule has 0 spiro atoms. The van der Waals surface area contributed by atoms with E-state index in [1.165, 1.54) is 12.8 Å². The zero-order chi connectivity index (χ0) is 11.8. The monoisotopic (exact) mass is 231 g/mol. The molecule has 2 rings (SSSR count). The Morgan fingerprint density at radius 2 is 1.75 bits per heavy atom. The molecule has 0 aromatic rings. The predicted molar refractivity (Wildman–Crippen MR) is 61.7 cm³/mol. The van der Waals surface area contributed by atoms with Crippen molar-refractivity contribution >= 4 is 0 Å². The molecular formula is C13H23F2N. The fourth-order valence-electron chi connectivity index (χ4n) is 2.91. The maximum Gasteiger partial charge on any atom is 0.250 e. The summed E-state index contributed by atoms with van der Waals surface area (Å²) in [5.74, 6) is 0.0635. The van der Waals surface area contributed by atoms with Gasteiger partial charge in [-0.25, -0.2) is 8.78 Å². The second-order valence-electron chi connectivity index (χ2n) is 6.00. The van der Waals surface area contributed by atoms with Gasteiger partial charge in [-0.15, -0.1) is 0 Å². The van der Waals surface area contributed by atoms with Gasteiger partial charge in [-0.05, 0) is 30.6 Å². The zero-order valence-electron chi connectivity index (χ0n) is 10.4. The molecule has 1 saturated carbocycles. The lowest BCUT2D eigenvalue weighted by molar-refractivity contribution is -0.0614. The van der Waals surface area contributed by atoms with Gasteiger partial charge in [0, 0.05) is 32.5 Å². The number of piperidine rings is 1. The number of rotatable bonds is 3. The molecule has 0 amide bonds. The molecule has 2 fully saturated rings. The van der Waals surface area contributed by atoms with Crippen LogP contribution in [0.2, 0.25) is 0 Å². The van der Waals surface area contributed by atoms with E-state index in [4.69, 9.17) is 0 Å². The van der Waals surface area contributed by atoms with Gasteiger partial charge in [-0.2, -0.15) is 0 Å². The van der Waals surface area contributed by atoms with Crippen molar-refractivity contribution < 1.29 is 8.78 Å². The van der Waals surface area contributed by atoms with Crippen LogP contribution in [0.1, 0.15) is 39.5 Å². The van der Waals surface area contributed by atoms with Crippen molar-refractivity contribution in [1.29, 1.82) is 0 Å². The summed E-state index contributed by atoms with van der Waals surface area (Å²) < 4.78 is 25.9. The van der Waals surface area contributed by atoms with Crippen LogP contribution in [0.4, 0.5) is 8.78 Å². The summed E-state index contributed by atoms with van der Waals surface area (Å²) in [6.07, 6.45) is 2.75. The Hall–Kier alpha value is -0.180. The molecule has 0 aromatic carbocycles. The molecule has 1 saturated heterocycles. The fourth-order valence-corrected chi connectivity index (χ4v) is 2.91. The minimum atomic E-state index is -2.39. The Bertz CT molecular complexity index is 224. The van der Waals surface area contributed by atoms with Crippen molar-refractivity contribution in [3.8, 4) is 0 Å². The van der Waals surface area contributed by atoms with E-state index in [0.717, 1.165) is 24.3 Å². The molecule has 0 N–H and O–H groups in total. The molecule has 3 heteroatoms. The molecule has 1 heterocycles. The summed E-state index contributed by atoms with van der Waals surface area (Å²) in [4.78, 5) is 2.23. The van der Waals surface area contributed by atoms with Gasteiger partial charge in [0.15, 0.2) is 0 Å². The molecule has 0 bridgehead atoms. The largest absolute Gasteiger partial charge is 0.303 e.